The molecule has 0 aromatic carbocycles. The van der Waals surface area contributed by atoms with Gasteiger partial charge in [0.25, 0.3) is 0 Å². The van der Waals surface area contributed by atoms with Crippen LogP contribution < -0.4 is 5.32 Å². The van der Waals surface area contributed by atoms with Crippen molar-refractivity contribution in [1.29, 1.82) is 0 Å². The lowest BCUT2D eigenvalue weighted by Crippen LogP contribution is -2.43. The van der Waals surface area contributed by atoms with E-state index in [1.54, 1.807) is 0 Å². The van der Waals surface area contributed by atoms with Crippen LogP contribution in [0, 0.1) is 0 Å². The van der Waals surface area contributed by atoms with Gasteiger partial charge in [-0.05, 0) is 32.2 Å². The van der Waals surface area contributed by atoms with Crippen molar-refractivity contribution in [2.75, 3.05) is 26.2 Å². The minimum Gasteiger partial charge on any atom is -0.395 e. The molecule has 6 heteroatoms. The molecule has 16 heavy (non-hydrogen) atoms. The molecule has 0 amide bonds. The van der Waals surface area contributed by atoms with E-state index in [9.17, 15) is 8.42 Å². The van der Waals surface area contributed by atoms with Crippen LogP contribution in [-0.4, -0.2) is 55.4 Å². The Morgan fingerprint density at radius 1 is 1.31 bits per heavy atom. The van der Waals surface area contributed by atoms with Crippen molar-refractivity contribution in [3.05, 3.63) is 0 Å². The van der Waals surface area contributed by atoms with Gasteiger partial charge >= 0.3 is 0 Å². The zero-order valence-electron chi connectivity index (χ0n) is 9.43. The Morgan fingerprint density at radius 2 is 2.06 bits per heavy atom. The summed E-state index contributed by atoms with van der Waals surface area (Å²) in [6, 6.07) is 0.264. The van der Waals surface area contributed by atoms with Crippen LogP contribution in [0.5, 0.6) is 0 Å². The summed E-state index contributed by atoms with van der Waals surface area (Å²) < 4.78 is 25.6. The van der Waals surface area contributed by atoms with Gasteiger partial charge in [0.15, 0.2) is 0 Å². The molecule has 1 saturated carbocycles. The molecule has 1 aliphatic carbocycles. The SMILES string of the molecule is O=S(=O)(C1CC1)N(CCO)CC1CCCN1. The van der Waals surface area contributed by atoms with Gasteiger partial charge in [-0.15, -0.1) is 0 Å². The molecule has 0 aromatic rings. The van der Waals surface area contributed by atoms with Crippen molar-refractivity contribution in [2.45, 2.75) is 37.0 Å². The fourth-order valence-electron chi connectivity index (χ4n) is 2.17. The lowest BCUT2D eigenvalue weighted by Gasteiger charge is -2.24. The molecule has 2 N–H and O–H groups in total. The van der Waals surface area contributed by atoms with Crippen molar-refractivity contribution < 1.29 is 13.5 Å². The first kappa shape index (κ1) is 12.3. The molecule has 94 valence electrons. The second-order valence-corrected chi connectivity index (χ2v) is 6.83. The van der Waals surface area contributed by atoms with Crippen LogP contribution in [0.25, 0.3) is 0 Å². The molecule has 2 rings (SSSR count). The summed E-state index contributed by atoms with van der Waals surface area (Å²) in [6.45, 7) is 1.62. The van der Waals surface area contributed by atoms with Crippen molar-refractivity contribution in [1.82, 2.24) is 9.62 Å². The van der Waals surface area contributed by atoms with Gasteiger partial charge in [-0.1, -0.05) is 0 Å². The maximum absolute atomic E-state index is 12.1. The molecular weight excluding hydrogens is 228 g/mol. The molecule has 1 atom stereocenters. The van der Waals surface area contributed by atoms with E-state index < -0.39 is 10.0 Å². The number of aliphatic hydroxyl groups excluding tert-OH is 1. The van der Waals surface area contributed by atoms with Crippen molar-refractivity contribution in [2.24, 2.45) is 0 Å². The highest BCUT2D eigenvalue weighted by atomic mass is 32.2. The monoisotopic (exact) mass is 248 g/mol. The van der Waals surface area contributed by atoms with E-state index >= 15 is 0 Å². The van der Waals surface area contributed by atoms with E-state index in [0.717, 1.165) is 32.2 Å². The Balaban J connectivity index is 1.98. The van der Waals surface area contributed by atoms with Gasteiger partial charge in [0, 0.05) is 19.1 Å². The number of aliphatic hydroxyl groups is 1. The molecule has 2 aliphatic rings. The van der Waals surface area contributed by atoms with Gasteiger partial charge in [0.05, 0.1) is 11.9 Å². The maximum Gasteiger partial charge on any atom is 0.217 e. The van der Waals surface area contributed by atoms with Gasteiger partial charge in [-0.3, -0.25) is 0 Å². The van der Waals surface area contributed by atoms with Crippen LogP contribution in [0.3, 0.4) is 0 Å². The van der Waals surface area contributed by atoms with Gasteiger partial charge in [0.2, 0.25) is 10.0 Å². The third kappa shape index (κ3) is 2.74. The summed E-state index contributed by atoms with van der Waals surface area (Å²) in [5, 5.41) is 12.1. The third-order valence-electron chi connectivity index (χ3n) is 3.24. The first-order valence-corrected chi connectivity index (χ1v) is 7.48. The summed E-state index contributed by atoms with van der Waals surface area (Å²) >= 11 is 0. The molecule has 0 spiro atoms. The first-order valence-electron chi connectivity index (χ1n) is 5.98. The van der Waals surface area contributed by atoms with E-state index in [-0.39, 0.29) is 24.4 Å². The van der Waals surface area contributed by atoms with Gasteiger partial charge in [-0.2, -0.15) is 4.31 Å². The van der Waals surface area contributed by atoms with Crippen LogP contribution in [0.4, 0.5) is 0 Å². The second-order valence-electron chi connectivity index (χ2n) is 4.62. The number of rotatable bonds is 6. The fraction of sp³-hybridized carbons (Fsp3) is 1.00. The summed E-state index contributed by atoms with van der Waals surface area (Å²) in [5.41, 5.74) is 0. The van der Waals surface area contributed by atoms with Crippen LogP contribution in [0.15, 0.2) is 0 Å². The number of nitrogens with one attached hydrogen (secondary N) is 1. The summed E-state index contributed by atoms with van der Waals surface area (Å²) in [6.07, 6.45) is 3.70. The zero-order chi connectivity index (χ0) is 11.6. The Hall–Kier alpha value is -0.170. The summed E-state index contributed by atoms with van der Waals surface area (Å²) in [4.78, 5) is 0. The number of sulfonamides is 1. The van der Waals surface area contributed by atoms with Crippen LogP contribution >= 0.6 is 0 Å². The Morgan fingerprint density at radius 3 is 2.56 bits per heavy atom. The van der Waals surface area contributed by atoms with Gasteiger partial charge in [0.1, 0.15) is 0 Å². The predicted molar refractivity (Wildman–Crippen MR) is 61.6 cm³/mol. The van der Waals surface area contributed by atoms with E-state index in [1.807, 2.05) is 0 Å². The van der Waals surface area contributed by atoms with E-state index in [0.29, 0.717) is 6.54 Å². The lowest BCUT2D eigenvalue weighted by atomic mass is 10.2. The minimum absolute atomic E-state index is 0.0985. The number of hydrogen-bond donors (Lipinski definition) is 2. The Kier molecular flexibility index (Phi) is 3.84. The quantitative estimate of drug-likeness (QED) is 0.666. The predicted octanol–water partition coefficient (Wildman–Crippen LogP) is -0.475. The Labute approximate surface area is 96.9 Å². The van der Waals surface area contributed by atoms with E-state index in [2.05, 4.69) is 5.32 Å². The molecule has 0 aromatic heterocycles. The molecule has 5 nitrogen and oxygen atoms in total. The highest BCUT2D eigenvalue weighted by molar-refractivity contribution is 7.90. The molecule has 1 unspecified atom stereocenters. The third-order valence-corrected chi connectivity index (χ3v) is 5.61. The lowest BCUT2D eigenvalue weighted by molar-refractivity contribution is 0.246. The van der Waals surface area contributed by atoms with Crippen LogP contribution in [0.1, 0.15) is 25.7 Å². The Bertz CT molecular complexity index is 321. The van der Waals surface area contributed by atoms with E-state index in [4.69, 9.17) is 5.11 Å². The largest absolute Gasteiger partial charge is 0.395 e. The average molecular weight is 248 g/mol. The summed E-state index contributed by atoms with van der Waals surface area (Å²) in [5.74, 6) is 0. The van der Waals surface area contributed by atoms with Crippen LogP contribution in [0.2, 0.25) is 0 Å². The zero-order valence-corrected chi connectivity index (χ0v) is 10.2. The highest BCUT2D eigenvalue weighted by Gasteiger charge is 2.40. The molecule has 0 radical (unpaired) electrons. The molecule has 1 aliphatic heterocycles. The van der Waals surface area contributed by atoms with Crippen LogP contribution in [-0.2, 0) is 10.0 Å². The van der Waals surface area contributed by atoms with Crippen molar-refractivity contribution in [3.63, 3.8) is 0 Å². The number of nitrogens with zero attached hydrogens (tertiary/aromatic N) is 1. The topological polar surface area (TPSA) is 69.6 Å². The van der Waals surface area contributed by atoms with Crippen molar-refractivity contribution >= 4 is 10.0 Å². The minimum atomic E-state index is -3.14. The standard InChI is InChI=1S/C10H20N2O3S/c13-7-6-12(8-9-2-1-5-11-9)16(14,15)10-3-4-10/h9-11,13H,1-8H2. The average Bonchev–Trinajstić information content (AvgIpc) is 2.99. The normalized spacial score (nSPS) is 26.5. The van der Waals surface area contributed by atoms with Gasteiger partial charge in [-0.25, -0.2) is 8.42 Å². The second kappa shape index (κ2) is 5.00. The molecule has 0 bridgehead atoms. The highest BCUT2D eigenvalue weighted by Crippen LogP contribution is 2.31. The molecule has 1 heterocycles. The first-order chi connectivity index (χ1) is 7.64. The maximum atomic E-state index is 12.1. The fourth-order valence-corrected chi connectivity index (χ4v) is 4.05. The number of hydrogen-bond acceptors (Lipinski definition) is 4. The summed E-state index contributed by atoms with van der Waals surface area (Å²) in [7, 11) is -3.14. The van der Waals surface area contributed by atoms with Crippen molar-refractivity contribution in [3.8, 4) is 0 Å². The molecule has 2 fully saturated rings. The van der Waals surface area contributed by atoms with Gasteiger partial charge < -0.3 is 10.4 Å². The molecular formula is C10H20N2O3S. The smallest absolute Gasteiger partial charge is 0.217 e. The van der Waals surface area contributed by atoms with E-state index in [1.165, 1.54) is 4.31 Å². The molecule has 1 saturated heterocycles.